The van der Waals surface area contributed by atoms with Gasteiger partial charge in [0, 0.05) is 10.3 Å². The predicted molar refractivity (Wildman–Crippen MR) is 82.2 cm³/mol. The van der Waals surface area contributed by atoms with Gasteiger partial charge in [-0.15, -0.1) is 22.7 Å². The molecule has 0 saturated heterocycles. The van der Waals surface area contributed by atoms with Gasteiger partial charge in [0.25, 0.3) is 0 Å². The number of benzene rings is 1. The fourth-order valence-electron chi connectivity index (χ4n) is 1.99. The van der Waals surface area contributed by atoms with Gasteiger partial charge in [-0.3, -0.25) is 0 Å². The quantitative estimate of drug-likeness (QED) is 0.681. The SMILES string of the molecule is NC(c1cc(Cl)sc1Cl)c1cccc2ccsc12. The molecule has 3 rings (SSSR count). The molecule has 3 aromatic rings. The summed E-state index contributed by atoms with van der Waals surface area (Å²) in [5.41, 5.74) is 8.32. The lowest BCUT2D eigenvalue weighted by molar-refractivity contribution is 0.888. The van der Waals surface area contributed by atoms with Crippen molar-refractivity contribution in [3.8, 4) is 0 Å². The van der Waals surface area contributed by atoms with Crippen LogP contribution in [0.15, 0.2) is 35.7 Å². The average molecular weight is 314 g/mol. The van der Waals surface area contributed by atoms with E-state index in [1.54, 1.807) is 11.3 Å². The van der Waals surface area contributed by atoms with Crippen LogP contribution in [0, 0.1) is 0 Å². The second kappa shape index (κ2) is 4.83. The molecule has 2 N–H and O–H groups in total. The average Bonchev–Trinajstić information content (AvgIpc) is 2.94. The van der Waals surface area contributed by atoms with Crippen LogP contribution in [0.5, 0.6) is 0 Å². The second-order valence-corrected chi connectivity index (χ2v) is 7.15. The van der Waals surface area contributed by atoms with E-state index >= 15 is 0 Å². The molecule has 0 aliphatic heterocycles. The first kappa shape index (κ1) is 12.5. The van der Waals surface area contributed by atoms with Crippen molar-refractivity contribution in [2.45, 2.75) is 6.04 Å². The molecule has 1 nitrogen and oxygen atoms in total. The summed E-state index contributed by atoms with van der Waals surface area (Å²) in [5.74, 6) is 0. The molecule has 2 aromatic heterocycles. The predicted octanol–water partition coefficient (Wildman–Crippen LogP) is 5.32. The third-order valence-electron chi connectivity index (χ3n) is 2.86. The molecule has 0 aliphatic rings. The van der Waals surface area contributed by atoms with E-state index in [2.05, 4.69) is 17.5 Å². The van der Waals surface area contributed by atoms with E-state index in [1.165, 1.54) is 21.4 Å². The van der Waals surface area contributed by atoms with Crippen LogP contribution in [0.3, 0.4) is 0 Å². The van der Waals surface area contributed by atoms with Crippen molar-refractivity contribution in [2.75, 3.05) is 0 Å². The molecule has 5 heteroatoms. The summed E-state index contributed by atoms with van der Waals surface area (Å²) in [7, 11) is 0. The molecule has 0 amide bonds. The van der Waals surface area contributed by atoms with Crippen molar-refractivity contribution in [2.24, 2.45) is 5.73 Å². The minimum atomic E-state index is -0.233. The van der Waals surface area contributed by atoms with Crippen molar-refractivity contribution in [3.63, 3.8) is 0 Å². The summed E-state index contributed by atoms with van der Waals surface area (Å²) >= 11 is 15.2. The molecule has 1 unspecified atom stereocenters. The topological polar surface area (TPSA) is 26.0 Å². The molecule has 0 fully saturated rings. The van der Waals surface area contributed by atoms with Crippen LogP contribution in [0.25, 0.3) is 10.1 Å². The molecule has 2 heterocycles. The lowest BCUT2D eigenvalue weighted by Gasteiger charge is -2.12. The van der Waals surface area contributed by atoms with Crippen molar-refractivity contribution in [3.05, 3.63) is 55.5 Å². The first-order chi connectivity index (χ1) is 8.66. The highest BCUT2D eigenvalue weighted by atomic mass is 35.5. The van der Waals surface area contributed by atoms with Crippen molar-refractivity contribution in [1.29, 1.82) is 0 Å². The molecule has 1 aromatic carbocycles. The molecule has 0 radical (unpaired) electrons. The smallest absolute Gasteiger partial charge is 0.0995 e. The fraction of sp³-hybridized carbons (Fsp3) is 0.0769. The summed E-state index contributed by atoms with van der Waals surface area (Å²) in [6, 6.07) is 9.87. The Hall–Kier alpha value is -0.580. The van der Waals surface area contributed by atoms with Crippen LogP contribution < -0.4 is 5.73 Å². The maximum absolute atomic E-state index is 6.33. The Morgan fingerprint density at radius 2 is 1.94 bits per heavy atom. The lowest BCUT2D eigenvalue weighted by Crippen LogP contribution is -2.11. The third-order valence-corrected chi connectivity index (χ3v) is 5.36. The number of rotatable bonds is 2. The molecule has 0 aliphatic carbocycles. The highest BCUT2D eigenvalue weighted by molar-refractivity contribution is 7.20. The Kier molecular flexibility index (Phi) is 3.34. The van der Waals surface area contributed by atoms with E-state index in [4.69, 9.17) is 28.9 Å². The minimum Gasteiger partial charge on any atom is -0.320 e. The van der Waals surface area contributed by atoms with Crippen LogP contribution in [-0.4, -0.2) is 0 Å². The van der Waals surface area contributed by atoms with E-state index < -0.39 is 0 Å². The number of hydrogen-bond donors (Lipinski definition) is 1. The largest absolute Gasteiger partial charge is 0.320 e. The van der Waals surface area contributed by atoms with Crippen LogP contribution in [0.2, 0.25) is 8.67 Å². The van der Waals surface area contributed by atoms with Gasteiger partial charge in [0.05, 0.1) is 14.7 Å². The Bertz CT molecular complexity index is 702. The van der Waals surface area contributed by atoms with E-state index in [1.807, 2.05) is 18.2 Å². The molecular weight excluding hydrogens is 305 g/mol. The highest BCUT2D eigenvalue weighted by Crippen LogP contribution is 2.38. The van der Waals surface area contributed by atoms with E-state index in [0.29, 0.717) is 8.67 Å². The Balaban J connectivity index is 2.14. The fourth-order valence-corrected chi connectivity index (χ4v) is 4.50. The van der Waals surface area contributed by atoms with Crippen molar-refractivity contribution < 1.29 is 0 Å². The van der Waals surface area contributed by atoms with Gasteiger partial charge >= 0.3 is 0 Å². The zero-order valence-electron chi connectivity index (χ0n) is 9.19. The van der Waals surface area contributed by atoms with E-state index in [-0.39, 0.29) is 6.04 Å². The molecule has 92 valence electrons. The molecule has 0 bridgehead atoms. The number of thiophene rings is 2. The number of nitrogens with two attached hydrogens (primary N) is 1. The summed E-state index contributed by atoms with van der Waals surface area (Å²) in [5, 5.41) is 3.29. The number of hydrogen-bond acceptors (Lipinski definition) is 3. The van der Waals surface area contributed by atoms with Gasteiger partial charge in [-0.05, 0) is 28.5 Å². The normalized spacial score (nSPS) is 13.1. The van der Waals surface area contributed by atoms with Gasteiger partial charge in [-0.25, -0.2) is 0 Å². The third kappa shape index (κ3) is 2.06. The van der Waals surface area contributed by atoms with Gasteiger partial charge in [-0.1, -0.05) is 41.4 Å². The standard InChI is InChI=1S/C13H9Cl2NS2/c14-10-6-9(13(15)18-10)11(16)8-3-1-2-7-4-5-17-12(7)8/h1-6,11H,16H2. The van der Waals surface area contributed by atoms with Gasteiger partial charge in [0.15, 0.2) is 0 Å². The summed E-state index contributed by atoms with van der Waals surface area (Å²) in [6.45, 7) is 0. The van der Waals surface area contributed by atoms with Crippen LogP contribution in [-0.2, 0) is 0 Å². The highest BCUT2D eigenvalue weighted by Gasteiger charge is 2.18. The maximum atomic E-state index is 6.33. The van der Waals surface area contributed by atoms with Gasteiger partial charge in [-0.2, -0.15) is 0 Å². The Labute approximate surface area is 123 Å². The number of halogens is 2. The van der Waals surface area contributed by atoms with Crippen LogP contribution in [0.4, 0.5) is 0 Å². The summed E-state index contributed by atoms with van der Waals surface area (Å²) < 4.78 is 2.55. The minimum absolute atomic E-state index is 0.233. The maximum Gasteiger partial charge on any atom is 0.0995 e. The molecule has 18 heavy (non-hydrogen) atoms. The first-order valence-electron chi connectivity index (χ1n) is 5.33. The van der Waals surface area contributed by atoms with Crippen LogP contribution >= 0.6 is 45.9 Å². The number of fused-ring (bicyclic) bond motifs is 1. The molecule has 0 saturated carbocycles. The first-order valence-corrected chi connectivity index (χ1v) is 7.78. The van der Waals surface area contributed by atoms with Crippen LogP contribution in [0.1, 0.15) is 17.2 Å². The summed E-state index contributed by atoms with van der Waals surface area (Å²) in [6.07, 6.45) is 0. The van der Waals surface area contributed by atoms with E-state index in [0.717, 1.165) is 11.1 Å². The molecule has 0 spiro atoms. The van der Waals surface area contributed by atoms with Gasteiger partial charge in [0.1, 0.15) is 0 Å². The Morgan fingerprint density at radius 3 is 2.67 bits per heavy atom. The van der Waals surface area contributed by atoms with Crippen molar-refractivity contribution in [1.82, 2.24) is 0 Å². The summed E-state index contributed by atoms with van der Waals surface area (Å²) in [4.78, 5) is 0. The zero-order chi connectivity index (χ0) is 12.7. The van der Waals surface area contributed by atoms with Gasteiger partial charge < -0.3 is 5.73 Å². The zero-order valence-corrected chi connectivity index (χ0v) is 12.3. The monoisotopic (exact) mass is 313 g/mol. The van der Waals surface area contributed by atoms with E-state index in [9.17, 15) is 0 Å². The van der Waals surface area contributed by atoms with Gasteiger partial charge in [0.2, 0.25) is 0 Å². The van der Waals surface area contributed by atoms with Crippen molar-refractivity contribution >= 4 is 56.0 Å². The molecular formula is C13H9Cl2NS2. The second-order valence-electron chi connectivity index (χ2n) is 3.94. The lowest BCUT2D eigenvalue weighted by atomic mass is 10.0. The molecule has 1 atom stereocenters. The Morgan fingerprint density at radius 1 is 1.11 bits per heavy atom.